The van der Waals surface area contributed by atoms with Crippen LogP contribution in [0.1, 0.15) is 11.1 Å². The van der Waals surface area contributed by atoms with Crippen LogP contribution in [0.4, 0.5) is 0 Å². The van der Waals surface area contributed by atoms with E-state index in [9.17, 15) is 0 Å². The largest absolute Gasteiger partial charge is 0.411 e. The van der Waals surface area contributed by atoms with E-state index in [0.717, 1.165) is 33.4 Å². The van der Waals surface area contributed by atoms with Crippen molar-refractivity contribution in [3.8, 4) is 22.3 Å². The van der Waals surface area contributed by atoms with E-state index in [2.05, 4.69) is 49.9 Å². The predicted molar refractivity (Wildman–Crippen MR) is 160 cm³/mol. The van der Waals surface area contributed by atoms with Crippen LogP contribution >= 0.6 is 0 Å². The first kappa shape index (κ1) is 27.2. The van der Waals surface area contributed by atoms with Gasteiger partial charge in [0, 0.05) is 24.2 Å². The molecule has 0 amide bonds. The van der Waals surface area contributed by atoms with E-state index in [-0.39, 0.29) is 0 Å². The number of aliphatic imine (C=N–C) groups is 2. The highest BCUT2D eigenvalue weighted by molar-refractivity contribution is 6.38. The van der Waals surface area contributed by atoms with E-state index in [1.807, 2.05) is 84.9 Å². The van der Waals surface area contributed by atoms with Crippen LogP contribution in [0.2, 0.25) is 0 Å². The van der Waals surface area contributed by atoms with Crippen molar-refractivity contribution in [2.24, 2.45) is 20.3 Å². The Hall–Kier alpha value is -4.88. The Bertz CT molecular complexity index is 1300. The zero-order valence-electron chi connectivity index (χ0n) is 21.6. The molecule has 0 aliphatic heterocycles. The van der Waals surface area contributed by atoms with Crippen LogP contribution in [-0.4, -0.2) is 60.4 Å². The first-order chi connectivity index (χ1) is 19.3. The molecule has 0 aromatic heterocycles. The second-order valence-electron chi connectivity index (χ2n) is 8.66. The highest BCUT2D eigenvalue weighted by Gasteiger charge is 2.04. The van der Waals surface area contributed by atoms with Gasteiger partial charge in [-0.2, -0.15) is 0 Å². The van der Waals surface area contributed by atoms with Gasteiger partial charge in [0.15, 0.2) is 0 Å². The highest BCUT2D eigenvalue weighted by Crippen LogP contribution is 2.20. The summed E-state index contributed by atoms with van der Waals surface area (Å²) in [7, 11) is 0. The van der Waals surface area contributed by atoms with Crippen LogP contribution in [-0.2, 0) is 0 Å². The van der Waals surface area contributed by atoms with Crippen LogP contribution in [0.25, 0.3) is 22.3 Å². The quantitative estimate of drug-likeness (QED) is 0.0957. The molecule has 0 radical (unpaired) electrons. The van der Waals surface area contributed by atoms with Crippen LogP contribution in [0, 0.1) is 0 Å². The van der Waals surface area contributed by atoms with Gasteiger partial charge in [0.2, 0.25) is 0 Å². The average molecular weight is 518 g/mol. The first-order valence-corrected chi connectivity index (χ1v) is 12.7. The van der Waals surface area contributed by atoms with Crippen molar-refractivity contribution >= 4 is 23.9 Å². The molecule has 4 aromatic carbocycles. The molecular weight excluding hydrogens is 486 g/mol. The molecular formula is C32H31N5O2. The summed E-state index contributed by atoms with van der Waals surface area (Å²) < 4.78 is 0. The molecule has 0 atom stereocenters. The second kappa shape index (κ2) is 14.8. The predicted octanol–water partition coefficient (Wildman–Crippen LogP) is 5.81. The lowest BCUT2D eigenvalue weighted by Crippen LogP contribution is -2.22. The Morgan fingerprint density at radius 3 is 1.23 bits per heavy atom. The van der Waals surface area contributed by atoms with Crippen molar-refractivity contribution in [2.45, 2.75) is 0 Å². The molecule has 7 heteroatoms. The van der Waals surface area contributed by atoms with E-state index >= 15 is 0 Å². The third-order valence-electron chi connectivity index (χ3n) is 6.08. The van der Waals surface area contributed by atoms with Gasteiger partial charge in [0.05, 0.1) is 36.9 Å². The third-order valence-corrected chi connectivity index (χ3v) is 6.08. The molecule has 0 aliphatic carbocycles. The third kappa shape index (κ3) is 8.05. The Morgan fingerprint density at radius 2 is 0.872 bits per heavy atom. The zero-order valence-corrected chi connectivity index (χ0v) is 21.6. The topological polar surface area (TPSA) is 102 Å². The molecule has 7 nitrogen and oxygen atoms in total. The summed E-state index contributed by atoms with van der Waals surface area (Å²) in [5.41, 5.74) is 7.48. The summed E-state index contributed by atoms with van der Waals surface area (Å²) in [4.78, 5) is 9.17. The van der Waals surface area contributed by atoms with Crippen LogP contribution in [0.5, 0.6) is 0 Å². The Kier molecular flexibility index (Phi) is 10.3. The van der Waals surface area contributed by atoms with Crippen molar-refractivity contribution in [3.05, 3.63) is 120 Å². The Labute approximate surface area is 228 Å². The molecule has 0 saturated heterocycles. The normalized spacial score (nSPS) is 12.4. The van der Waals surface area contributed by atoms with Crippen molar-refractivity contribution in [2.75, 3.05) is 26.2 Å². The minimum Gasteiger partial charge on any atom is -0.411 e. The van der Waals surface area contributed by atoms with Crippen LogP contribution in [0.3, 0.4) is 0 Å². The van der Waals surface area contributed by atoms with E-state index in [1.54, 1.807) is 0 Å². The molecule has 3 N–H and O–H groups in total. The lowest BCUT2D eigenvalue weighted by Gasteiger charge is -2.06. The van der Waals surface area contributed by atoms with Gasteiger partial charge in [-0.1, -0.05) is 120 Å². The first-order valence-electron chi connectivity index (χ1n) is 12.7. The van der Waals surface area contributed by atoms with Gasteiger partial charge in [-0.05, 0) is 22.3 Å². The van der Waals surface area contributed by atoms with Gasteiger partial charge in [-0.15, -0.1) is 0 Å². The molecule has 0 spiro atoms. The molecule has 0 bridgehead atoms. The average Bonchev–Trinajstić information content (AvgIpc) is 3.00. The Morgan fingerprint density at radius 1 is 0.513 bits per heavy atom. The summed E-state index contributed by atoms with van der Waals surface area (Å²) >= 11 is 0. The standard InChI is InChI=1S/C32H31N5O2/c38-36-23-31(29-15-11-27(12-16-29)25-7-3-1-4-8-25)34-21-19-33-20-22-35-32(24-37-39)30-17-13-28(14-18-30)26-9-5-2-6-10-26/h1-18,23-24,33,38-39H,19-22H2/b34-31?,35-32?,36-23+,37-24+. The monoisotopic (exact) mass is 517 g/mol. The number of nitrogens with zero attached hydrogens (tertiary/aromatic N) is 4. The Balaban J connectivity index is 1.28. The number of benzene rings is 4. The number of nitrogens with one attached hydrogen (secondary N) is 1. The van der Waals surface area contributed by atoms with Gasteiger partial charge >= 0.3 is 0 Å². The maximum atomic E-state index is 9.10. The number of oxime groups is 2. The van der Waals surface area contributed by atoms with Crippen LogP contribution < -0.4 is 5.32 Å². The summed E-state index contributed by atoms with van der Waals surface area (Å²) in [6, 6.07) is 36.3. The number of rotatable bonds is 12. The lowest BCUT2D eigenvalue weighted by atomic mass is 10.0. The van der Waals surface area contributed by atoms with Gasteiger partial charge in [0.1, 0.15) is 0 Å². The maximum Gasteiger partial charge on any atom is 0.0919 e. The van der Waals surface area contributed by atoms with Gasteiger partial charge < -0.3 is 15.7 Å². The number of hydrogen-bond donors (Lipinski definition) is 3. The summed E-state index contributed by atoms with van der Waals surface area (Å²) in [6.45, 7) is 2.29. The molecule has 0 saturated carbocycles. The smallest absolute Gasteiger partial charge is 0.0919 e. The highest BCUT2D eigenvalue weighted by atomic mass is 16.4. The summed E-state index contributed by atoms with van der Waals surface area (Å²) in [5, 5.41) is 27.9. The molecule has 39 heavy (non-hydrogen) atoms. The summed E-state index contributed by atoms with van der Waals surface area (Å²) in [5.74, 6) is 0. The number of hydrogen-bond acceptors (Lipinski definition) is 7. The second-order valence-corrected chi connectivity index (χ2v) is 8.66. The van der Waals surface area contributed by atoms with Crippen molar-refractivity contribution < 1.29 is 10.4 Å². The van der Waals surface area contributed by atoms with E-state index in [4.69, 9.17) is 10.4 Å². The lowest BCUT2D eigenvalue weighted by molar-refractivity contribution is 0.322. The van der Waals surface area contributed by atoms with E-state index < -0.39 is 0 Å². The van der Waals surface area contributed by atoms with E-state index in [0.29, 0.717) is 37.6 Å². The van der Waals surface area contributed by atoms with E-state index in [1.165, 1.54) is 12.4 Å². The fourth-order valence-corrected chi connectivity index (χ4v) is 4.09. The van der Waals surface area contributed by atoms with Crippen LogP contribution in [0.15, 0.2) is 129 Å². The maximum absolute atomic E-state index is 9.10. The zero-order chi connectivity index (χ0) is 27.1. The molecule has 0 unspecified atom stereocenters. The van der Waals surface area contributed by atoms with Gasteiger partial charge in [-0.3, -0.25) is 9.98 Å². The van der Waals surface area contributed by atoms with Crippen molar-refractivity contribution in [3.63, 3.8) is 0 Å². The molecule has 4 aromatic rings. The molecule has 0 aliphatic rings. The van der Waals surface area contributed by atoms with Crippen molar-refractivity contribution in [1.82, 2.24) is 5.32 Å². The SMILES string of the molecule is O/N=C/C(=NCCNCCN=C(/C=N/O)c1ccc(-c2ccccc2)cc1)c1ccc(-c2ccccc2)cc1. The fourth-order valence-electron chi connectivity index (χ4n) is 4.09. The molecule has 0 heterocycles. The molecule has 0 fully saturated rings. The minimum absolute atomic E-state index is 0.511. The minimum atomic E-state index is 0.511. The van der Waals surface area contributed by atoms with Crippen molar-refractivity contribution in [1.29, 1.82) is 0 Å². The summed E-state index contributed by atoms with van der Waals surface area (Å²) in [6.07, 6.45) is 2.71. The fraction of sp³-hybridized carbons (Fsp3) is 0.125. The van der Waals surface area contributed by atoms with Gasteiger partial charge in [-0.25, -0.2) is 0 Å². The van der Waals surface area contributed by atoms with Gasteiger partial charge in [0.25, 0.3) is 0 Å². The molecule has 4 rings (SSSR count). The molecule has 196 valence electrons.